The lowest BCUT2D eigenvalue weighted by molar-refractivity contribution is 0.628. The summed E-state index contributed by atoms with van der Waals surface area (Å²) in [4.78, 5) is 8.13. The summed E-state index contributed by atoms with van der Waals surface area (Å²) in [6, 6.07) is 6.20. The van der Waals surface area contributed by atoms with Crippen molar-refractivity contribution in [3.63, 3.8) is 0 Å². The molecule has 15 heavy (non-hydrogen) atoms. The van der Waals surface area contributed by atoms with Crippen molar-refractivity contribution >= 4 is 0 Å². The normalized spacial score (nSPS) is 10.3. The number of aromatic nitrogens is 2. The van der Waals surface area contributed by atoms with Crippen LogP contribution in [0, 0.1) is 5.82 Å². The maximum atomic E-state index is 12.7. The van der Waals surface area contributed by atoms with Crippen LogP contribution >= 0.6 is 0 Å². The highest BCUT2D eigenvalue weighted by Crippen LogP contribution is 2.17. The largest absolute Gasteiger partial charge is 0.324 e. The molecule has 0 saturated heterocycles. The molecule has 2 rings (SSSR count). The number of nitrogens with zero attached hydrogens (tertiary/aromatic N) is 2. The molecule has 1 heterocycles. The van der Waals surface area contributed by atoms with Crippen LogP contribution in [-0.4, -0.2) is 9.97 Å². The van der Waals surface area contributed by atoms with Crippen molar-refractivity contribution < 1.29 is 4.39 Å². The van der Waals surface area contributed by atoms with Gasteiger partial charge >= 0.3 is 0 Å². The minimum absolute atomic E-state index is 0.252. The van der Waals surface area contributed by atoms with Crippen molar-refractivity contribution in [3.8, 4) is 11.1 Å². The van der Waals surface area contributed by atoms with Crippen LogP contribution in [0.2, 0.25) is 0 Å². The van der Waals surface area contributed by atoms with Crippen LogP contribution in [0.5, 0.6) is 0 Å². The van der Waals surface area contributed by atoms with Crippen LogP contribution < -0.4 is 5.73 Å². The Morgan fingerprint density at radius 2 is 1.60 bits per heavy atom. The molecule has 0 fully saturated rings. The molecular formula is C11H10FN3. The smallest absolute Gasteiger partial charge is 0.141 e. The van der Waals surface area contributed by atoms with E-state index in [1.165, 1.54) is 12.1 Å². The Hall–Kier alpha value is -1.81. The molecule has 0 aliphatic rings. The third kappa shape index (κ3) is 2.16. The molecule has 3 nitrogen and oxygen atoms in total. The number of rotatable bonds is 2. The van der Waals surface area contributed by atoms with Crippen LogP contribution in [0.1, 0.15) is 5.82 Å². The molecule has 0 aliphatic carbocycles. The lowest BCUT2D eigenvalue weighted by Gasteiger charge is -2.01. The van der Waals surface area contributed by atoms with Crippen molar-refractivity contribution in [1.29, 1.82) is 0 Å². The van der Waals surface area contributed by atoms with Gasteiger partial charge in [0.25, 0.3) is 0 Å². The third-order valence-electron chi connectivity index (χ3n) is 2.07. The molecule has 1 aromatic carbocycles. The number of halogens is 1. The Balaban J connectivity index is 2.33. The zero-order valence-corrected chi connectivity index (χ0v) is 8.02. The number of hydrogen-bond donors (Lipinski definition) is 1. The van der Waals surface area contributed by atoms with Gasteiger partial charge in [-0.05, 0) is 17.7 Å². The minimum Gasteiger partial charge on any atom is -0.324 e. The van der Waals surface area contributed by atoms with Gasteiger partial charge in [0.2, 0.25) is 0 Å². The van der Waals surface area contributed by atoms with Crippen LogP contribution in [0.25, 0.3) is 11.1 Å². The van der Waals surface area contributed by atoms with E-state index in [0.29, 0.717) is 12.4 Å². The topological polar surface area (TPSA) is 51.8 Å². The summed E-state index contributed by atoms with van der Waals surface area (Å²) >= 11 is 0. The van der Waals surface area contributed by atoms with Gasteiger partial charge in [-0.2, -0.15) is 0 Å². The Kier molecular flexibility index (Phi) is 2.69. The maximum Gasteiger partial charge on any atom is 0.141 e. The molecule has 1 aromatic heterocycles. The summed E-state index contributed by atoms with van der Waals surface area (Å²) in [6.45, 7) is 0.323. The predicted molar refractivity (Wildman–Crippen MR) is 55.3 cm³/mol. The van der Waals surface area contributed by atoms with Gasteiger partial charge < -0.3 is 5.73 Å². The molecule has 2 N–H and O–H groups in total. The molecule has 0 saturated carbocycles. The van der Waals surface area contributed by atoms with E-state index in [0.717, 1.165) is 11.1 Å². The van der Waals surface area contributed by atoms with Crippen molar-refractivity contribution in [1.82, 2.24) is 9.97 Å². The van der Waals surface area contributed by atoms with Crippen molar-refractivity contribution in [2.75, 3.05) is 0 Å². The highest BCUT2D eigenvalue weighted by atomic mass is 19.1. The zero-order chi connectivity index (χ0) is 10.7. The van der Waals surface area contributed by atoms with Gasteiger partial charge in [0.15, 0.2) is 0 Å². The summed E-state index contributed by atoms with van der Waals surface area (Å²) in [5.74, 6) is 0.346. The van der Waals surface area contributed by atoms with Gasteiger partial charge in [-0.3, -0.25) is 0 Å². The number of benzene rings is 1. The minimum atomic E-state index is -0.252. The van der Waals surface area contributed by atoms with E-state index >= 15 is 0 Å². The summed E-state index contributed by atoms with van der Waals surface area (Å²) < 4.78 is 12.7. The van der Waals surface area contributed by atoms with Crippen LogP contribution in [0.3, 0.4) is 0 Å². The van der Waals surface area contributed by atoms with E-state index in [1.54, 1.807) is 24.5 Å². The van der Waals surface area contributed by atoms with Crippen LogP contribution in [0.15, 0.2) is 36.7 Å². The predicted octanol–water partition coefficient (Wildman–Crippen LogP) is 1.74. The first-order chi connectivity index (χ1) is 7.29. The fourth-order valence-corrected chi connectivity index (χ4v) is 1.25. The third-order valence-corrected chi connectivity index (χ3v) is 2.07. The molecule has 0 bridgehead atoms. The Bertz CT molecular complexity index is 436. The standard InChI is InChI=1S/C11H10FN3/c12-10-3-1-8(2-4-10)9-6-14-11(5-13)15-7-9/h1-4,6-7H,5,13H2. The molecule has 0 radical (unpaired) electrons. The molecule has 4 heteroatoms. The van der Waals surface area contributed by atoms with Crippen molar-refractivity contribution in [2.24, 2.45) is 5.73 Å². The molecule has 76 valence electrons. The van der Waals surface area contributed by atoms with E-state index < -0.39 is 0 Å². The summed E-state index contributed by atoms with van der Waals surface area (Å²) in [5, 5.41) is 0. The van der Waals surface area contributed by atoms with Crippen LogP contribution in [0.4, 0.5) is 4.39 Å². The highest BCUT2D eigenvalue weighted by Gasteiger charge is 1.99. The van der Waals surface area contributed by atoms with Gasteiger partial charge in [0, 0.05) is 18.0 Å². The zero-order valence-electron chi connectivity index (χ0n) is 8.02. The molecule has 0 unspecified atom stereocenters. The lowest BCUT2D eigenvalue weighted by atomic mass is 10.1. The molecule has 2 aromatic rings. The molecular weight excluding hydrogens is 193 g/mol. The average Bonchev–Trinajstić information content (AvgIpc) is 2.30. The summed E-state index contributed by atoms with van der Waals surface area (Å²) in [7, 11) is 0. The van der Waals surface area contributed by atoms with Gasteiger partial charge in [0.1, 0.15) is 11.6 Å². The number of nitrogens with two attached hydrogens (primary N) is 1. The van der Waals surface area contributed by atoms with E-state index in [-0.39, 0.29) is 5.82 Å². The number of hydrogen-bond acceptors (Lipinski definition) is 3. The van der Waals surface area contributed by atoms with E-state index in [4.69, 9.17) is 5.73 Å². The second kappa shape index (κ2) is 4.14. The highest BCUT2D eigenvalue weighted by molar-refractivity contribution is 5.61. The first kappa shape index (κ1) is 9.73. The second-order valence-corrected chi connectivity index (χ2v) is 3.10. The summed E-state index contributed by atoms with van der Waals surface area (Å²) in [5.41, 5.74) is 7.13. The fraction of sp³-hybridized carbons (Fsp3) is 0.0909. The van der Waals surface area contributed by atoms with Crippen molar-refractivity contribution in [2.45, 2.75) is 6.54 Å². The van der Waals surface area contributed by atoms with Crippen molar-refractivity contribution in [3.05, 3.63) is 48.3 Å². The molecule has 0 atom stereocenters. The van der Waals surface area contributed by atoms with Gasteiger partial charge in [0.05, 0.1) is 6.54 Å². The Morgan fingerprint density at radius 1 is 1.00 bits per heavy atom. The van der Waals surface area contributed by atoms with E-state index in [1.807, 2.05) is 0 Å². The van der Waals surface area contributed by atoms with E-state index in [9.17, 15) is 4.39 Å². The molecule has 0 amide bonds. The quantitative estimate of drug-likeness (QED) is 0.808. The average molecular weight is 203 g/mol. The monoisotopic (exact) mass is 203 g/mol. The first-order valence-corrected chi connectivity index (χ1v) is 4.56. The van der Waals surface area contributed by atoms with Gasteiger partial charge in [-0.15, -0.1) is 0 Å². The Morgan fingerprint density at radius 3 is 2.13 bits per heavy atom. The Labute approximate surface area is 86.8 Å². The summed E-state index contributed by atoms with van der Waals surface area (Å²) in [6.07, 6.45) is 3.37. The molecule has 0 spiro atoms. The maximum absolute atomic E-state index is 12.7. The SMILES string of the molecule is NCc1ncc(-c2ccc(F)cc2)cn1. The van der Waals surface area contributed by atoms with Crippen LogP contribution in [-0.2, 0) is 6.54 Å². The van der Waals surface area contributed by atoms with E-state index in [2.05, 4.69) is 9.97 Å². The second-order valence-electron chi connectivity index (χ2n) is 3.10. The van der Waals surface area contributed by atoms with Gasteiger partial charge in [-0.25, -0.2) is 14.4 Å². The van der Waals surface area contributed by atoms with Gasteiger partial charge in [-0.1, -0.05) is 12.1 Å². The first-order valence-electron chi connectivity index (χ1n) is 4.56. The fourth-order valence-electron chi connectivity index (χ4n) is 1.25. The lowest BCUT2D eigenvalue weighted by Crippen LogP contribution is -2.02. The molecule has 0 aliphatic heterocycles.